The van der Waals surface area contributed by atoms with Gasteiger partial charge in [-0.25, -0.2) is 0 Å². The van der Waals surface area contributed by atoms with Crippen molar-refractivity contribution < 1.29 is 13.2 Å². The van der Waals surface area contributed by atoms with Crippen LogP contribution in [0.3, 0.4) is 0 Å². The van der Waals surface area contributed by atoms with E-state index in [-0.39, 0.29) is 11.4 Å². The summed E-state index contributed by atoms with van der Waals surface area (Å²) < 4.78 is 40.0. The van der Waals surface area contributed by atoms with Gasteiger partial charge in [0.15, 0.2) is 0 Å². The normalized spacial score (nSPS) is 11.1. The van der Waals surface area contributed by atoms with Crippen LogP contribution in [0.2, 0.25) is 0 Å². The van der Waals surface area contributed by atoms with Crippen LogP contribution in [0, 0.1) is 0 Å². The smallest absolute Gasteiger partial charge is 0.254 e. The molecule has 0 aliphatic heterocycles. The van der Waals surface area contributed by atoms with Crippen molar-refractivity contribution in [3.63, 3.8) is 0 Å². The van der Waals surface area contributed by atoms with E-state index < -0.39 is 11.7 Å². The molecule has 2 N–H and O–H groups in total. The highest BCUT2D eigenvalue weighted by molar-refractivity contribution is 9.13. The van der Waals surface area contributed by atoms with E-state index in [2.05, 4.69) is 83.6 Å². The molecular weight excluding hydrogens is 587 g/mol. The first-order valence-electron chi connectivity index (χ1n) is 7.66. The van der Waals surface area contributed by atoms with Crippen molar-refractivity contribution in [2.75, 3.05) is 0 Å². The van der Waals surface area contributed by atoms with Crippen molar-refractivity contribution in [1.29, 1.82) is 0 Å². The molecule has 3 heterocycles. The number of pyridine rings is 1. The number of halogens is 6. The molecule has 0 unspecified atom stereocenters. The first-order chi connectivity index (χ1) is 13.8. The fraction of sp³-hybridized carbons (Fsp3) is 0.0625. The number of hydrogen-bond donors (Lipinski definition) is 2. The van der Waals surface area contributed by atoms with Crippen molar-refractivity contribution in [1.82, 2.24) is 35.8 Å². The van der Waals surface area contributed by atoms with E-state index in [4.69, 9.17) is 0 Å². The molecule has 0 radical (unpaired) electrons. The van der Waals surface area contributed by atoms with Crippen LogP contribution in [0.1, 0.15) is 5.56 Å². The zero-order valence-electron chi connectivity index (χ0n) is 14.0. The predicted octanol–water partition coefficient (Wildman–Crippen LogP) is 5.64. The molecule has 0 bridgehead atoms. The van der Waals surface area contributed by atoms with Gasteiger partial charge in [0.25, 0.3) is 0 Å². The first-order valence-corrected chi connectivity index (χ1v) is 10.0. The molecule has 0 fully saturated rings. The second kappa shape index (κ2) is 9.13. The number of alkyl halides is 3. The summed E-state index contributed by atoms with van der Waals surface area (Å²) in [5.41, 5.74) is 1.47. The van der Waals surface area contributed by atoms with E-state index in [0.717, 1.165) is 43.0 Å². The molecular formula is C16H9Br3F3N7. The quantitative estimate of drug-likeness (QED) is 0.292. The van der Waals surface area contributed by atoms with Crippen molar-refractivity contribution in [3.8, 4) is 22.6 Å². The number of aromatic amines is 2. The van der Waals surface area contributed by atoms with Crippen LogP contribution >= 0.6 is 47.8 Å². The van der Waals surface area contributed by atoms with E-state index in [1.807, 2.05) is 12.1 Å². The van der Waals surface area contributed by atoms with Gasteiger partial charge in [-0.1, -0.05) is 15.9 Å². The average Bonchev–Trinajstić information content (AvgIpc) is 3.38. The number of rotatable bonds is 2. The largest absolute Gasteiger partial charge is 0.416 e. The molecule has 0 saturated carbocycles. The fourth-order valence-electron chi connectivity index (χ4n) is 2.12. The van der Waals surface area contributed by atoms with Gasteiger partial charge in [-0.15, -0.1) is 0 Å². The minimum absolute atomic E-state index is 0.138. The first kappa shape index (κ1) is 21.6. The molecule has 3 aromatic heterocycles. The topological polar surface area (TPSA) is 96.0 Å². The number of aromatic nitrogens is 7. The van der Waals surface area contributed by atoms with Crippen LogP contribution < -0.4 is 0 Å². The van der Waals surface area contributed by atoms with Gasteiger partial charge in [0, 0.05) is 25.2 Å². The third-order valence-electron chi connectivity index (χ3n) is 3.47. The number of nitrogens with one attached hydrogen (secondary N) is 2. The van der Waals surface area contributed by atoms with Crippen LogP contribution in [0.5, 0.6) is 0 Å². The Morgan fingerprint density at radius 1 is 0.759 bits per heavy atom. The third-order valence-corrected chi connectivity index (χ3v) is 5.97. The molecule has 1 aromatic carbocycles. The highest BCUT2D eigenvalue weighted by Gasteiger charge is 2.30. The van der Waals surface area contributed by atoms with Gasteiger partial charge in [0.05, 0.1) is 23.7 Å². The van der Waals surface area contributed by atoms with E-state index in [1.165, 1.54) is 6.20 Å². The Hall–Kier alpha value is -2.12. The van der Waals surface area contributed by atoms with Crippen LogP contribution in [-0.2, 0) is 6.18 Å². The Morgan fingerprint density at radius 2 is 1.38 bits per heavy atom. The SMILES string of the molecule is Brc1cc(Br)c(-c2cn[nH]n2)cc1Br.FC(F)(F)c1ccnc(-c2cn[nH]n2)c1. The van der Waals surface area contributed by atoms with Gasteiger partial charge in [-0.2, -0.15) is 44.0 Å². The minimum Gasteiger partial charge on any atom is -0.254 e. The van der Waals surface area contributed by atoms with Crippen LogP contribution in [0.25, 0.3) is 22.6 Å². The molecule has 0 atom stereocenters. The molecule has 7 nitrogen and oxygen atoms in total. The van der Waals surface area contributed by atoms with Crippen LogP contribution in [0.4, 0.5) is 13.2 Å². The van der Waals surface area contributed by atoms with Gasteiger partial charge in [-0.3, -0.25) is 4.98 Å². The Kier molecular flexibility index (Phi) is 6.80. The highest BCUT2D eigenvalue weighted by Crippen LogP contribution is 2.34. The van der Waals surface area contributed by atoms with Crippen molar-refractivity contribution >= 4 is 47.8 Å². The summed E-state index contributed by atoms with van der Waals surface area (Å²) in [5, 5.41) is 19.8. The third kappa shape index (κ3) is 5.48. The Morgan fingerprint density at radius 3 is 1.97 bits per heavy atom. The number of H-pyrrole nitrogens is 2. The van der Waals surface area contributed by atoms with Crippen molar-refractivity contribution in [3.05, 3.63) is 61.8 Å². The molecule has 0 saturated heterocycles. The molecule has 0 aliphatic rings. The van der Waals surface area contributed by atoms with Crippen LogP contribution in [0.15, 0.2) is 56.3 Å². The van der Waals surface area contributed by atoms with Gasteiger partial charge in [-0.05, 0) is 56.1 Å². The lowest BCUT2D eigenvalue weighted by molar-refractivity contribution is -0.137. The highest BCUT2D eigenvalue weighted by atomic mass is 79.9. The van der Waals surface area contributed by atoms with E-state index in [0.29, 0.717) is 0 Å². The summed E-state index contributed by atoms with van der Waals surface area (Å²) >= 11 is 10.3. The number of nitrogens with zero attached hydrogens (tertiary/aromatic N) is 5. The zero-order valence-corrected chi connectivity index (χ0v) is 18.8. The summed E-state index contributed by atoms with van der Waals surface area (Å²) in [6.45, 7) is 0. The minimum atomic E-state index is -4.37. The summed E-state index contributed by atoms with van der Waals surface area (Å²) in [5.74, 6) is 0. The zero-order chi connectivity index (χ0) is 21.0. The van der Waals surface area contributed by atoms with Gasteiger partial charge >= 0.3 is 6.18 Å². The maximum atomic E-state index is 12.3. The Bertz CT molecular complexity index is 1080. The van der Waals surface area contributed by atoms with Gasteiger partial charge < -0.3 is 0 Å². The van der Waals surface area contributed by atoms with Crippen molar-refractivity contribution in [2.24, 2.45) is 0 Å². The summed E-state index contributed by atoms with van der Waals surface area (Å²) in [4.78, 5) is 3.77. The maximum absolute atomic E-state index is 12.3. The van der Waals surface area contributed by atoms with Crippen LogP contribution in [-0.4, -0.2) is 35.8 Å². The van der Waals surface area contributed by atoms with E-state index in [9.17, 15) is 13.2 Å². The molecule has 13 heteroatoms. The Balaban J connectivity index is 0.000000166. The maximum Gasteiger partial charge on any atom is 0.416 e. The van der Waals surface area contributed by atoms with Crippen molar-refractivity contribution in [2.45, 2.75) is 6.18 Å². The lowest BCUT2D eigenvalue weighted by Crippen LogP contribution is -2.05. The number of benzene rings is 1. The standard InChI is InChI=1S/C8H4Br3N3.C8H5F3N4/c9-5-2-7(11)6(10)1-4(5)8-3-12-14-13-8;9-8(10,11)5-1-2-12-6(3-5)7-4-13-15-14-7/h1-3H,(H,12,13,14);1-4H,(H,13,14,15). The summed E-state index contributed by atoms with van der Waals surface area (Å²) in [6.07, 6.45) is -0.294. The number of hydrogen-bond acceptors (Lipinski definition) is 5. The second-order valence-corrected chi connectivity index (χ2v) is 7.95. The molecule has 0 amide bonds. The Labute approximate surface area is 186 Å². The average molecular weight is 596 g/mol. The molecule has 4 aromatic rings. The van der Waals surface area contributed by atoms with Gasteiger partial charge in [0.2, 0.25) is 0 Å². The molecule has 0 aliphatic carbocycles. The predicted molar refractivity (Wildman–Crippen MR) is 110 cm³/mol. The fourth-order valence-corrected chi connectivity index (χ4v) is 3.66. The molecule has 0 spiro atoms. The molecule has 4 rings (SSSR count). The second-order valence-electron chi connectivity index (χ2n) is 5.38. The summed E-state index contributed by atoms with van der Waals surface area (Å²) in [6, 6.07) is 5.78. The van der Waals surface area contributed by atoms with E-state index in [1.54, 1.807) is 6.20 Å². The molecule has 29 heavy (non-hydrogen) atoms. The monoisotopic (exact) mass is 593 g/mol. The molecule has 150 valence electrons. The lowest BCUT2D eigenvalue weighted by atomic mass is 10.2. The lowest BCUT2D eigenvalue weighted by Gasteiger charge is -2.06. The summed E-state index contributed by atoms with van der Waals surface area (Å²) in [7, 11) is 0. The van der Waals surface area contributed by atoms with Gasteiger partial charge in [0.1, 0.15) is 11.4 Å². The van der Waals surface area contributed by atoms with E-state index >= 15 is 0 Å².